The van der Waals surface area contributed by atoms with E-state index in [1.807, 2.05) is 19.1 Å². The summed E-state index contributed by atoms with van der Waals surface area (Å²) < 4.78 is 5.90. The zero-order valence-electron chi connectivity index (χ0n) is 11.7. The van der Waals surface area contributed by atoms with Crippen LogP contribution < -0.4 is 10.6 Å². The summed E-state index contributed by atoms with van der Waals surface area (Å²) in [5.41, 5.74) is 1.61. The van der Waals surface area contributed by atoms with Crippen LogP contribution in [-0.4, -0.2) is 31.7 Å². The lowest BCUT2D eigenvalue weighted by atomic mass is 10.1. The SMILES string of the molecule is CCOC(=O)c1ccc(NC2CCCNCC2)c(Br)c1. The minimum atomic E-state index is -0.279. The fourth-order valence-electron chi connectivity index (χ4n) is 2.36. The number of ether oxygens (including phenoxy) is 1. The smallest absolute Gasteiger partial charge is 0.338 e. The van der Waals surface area contributed by atoms with Crippen molar-refractivity contribution < 1.29 is 9.53 Å². The number of halogens is 1. The van der Waals surface area contributed by atoms with Gasteiger partial charge in [-0.3, -0.25) is 0 Å². The van der Waals surface area contributed by atoms with Gasteiger partial charge in [0.05, 0.1) is 12.2 Å². The molecule has 20 heavy (non-hydrogen) atoms. The second kappa shape index (κ2) is 7.64. The molecule has 1 aliphatic rings. The first-order valence-electron chi connectivity index (χ1n) is 7.14. The Hall–Kier alpha value is -1.07. The van der Waals surface area contributed by atoms with Crippen LogP contribution in [-0.2, 0) is 4.74 Å². The maximum Gasteiger partial charge on any atom is 0.338 e. The third-order valence-electron chi connectivity index (χ3n) is 3.42. The van der Waals surface area contributed by atoms with Crippen molar-refractivity contribution in [3.63, 3.8) is 0 Å². The largest absolute Gasteiger partial charge is 0.462 e. The van der Waals surface area contributed by atoms with E-state index in [4.69, 9.17) is 4.74 Å². The van der Waals surface area contributed by atoms with Gasteiger partial charge in [-0.1, -0.05) is 0 Å². The number of hydrogen-bond donors (Lipinski definition) is 2. The van der Waals surface area contributed by atoms with Gasteiger partial charge in [-0.2, -0.15) is 0 Å². The molecule has 1 aromatic carbocycles. The quantitative estimate of drug-likeness (QED) is 0.826. The number of rotatable bonds is 4. The molecule has 1 aromatic rings. The molecule has 0 bridgehead atoms. The van der Waals surface area contributed by atoms with Crippen molar-refractivity contribution in [2.45, 2.75) is 32.2 Å². The Morgan fingerprint density at radius 2 is 2.30 bits per heavy atom. The molecule has 0 radical (unpaired) electrons. The van der Waals surface area contributed by atoms with E-state index in [1.54, 1.807) is 6.07 Å². The fraction of sp³-hybridized carbons (Fsp3) is 0.533. The van der Waals surface area contributed by atoms with Crippen molar-refractivity contribution in [2.24, 2.45) is 0 Å². The zero-order chi connectivity index (χ0) is 14.4. The van der Waals surface area contributed by atoms with Crippen LogP contribution >= 0.6 is 15.9 Å². The molecule has 1 unspecified atom stereocenters. The van der Waals surface area contributed by atoms with E-state index in [-0.39, 0.29) is 5.97 Å². The molecule has 0 spiro atoms. The maximum atomic E-state index is 11.7. The molecule has 0 aromatic heterocycles. The van der Waals surface area contributed by atoms with E-state index >= 15 is 0 Å². The van der Waals surface area contributed by atoms with Crippen LogP contribution in [0.5, 0.6) is 0 Å². The van der Waals surface area contributed by atoms with Gasteiger partial charge in [-0.25, -0.2) is 4.79 Å². The third kappa shape index (κ3) is 4.21. The summed E-state index contributed by atoms with van der Waals surface area (Å²) in [7, 11) is 0. The first kappa shape index (κ1) is 15.3. The lowest BCUT2D eigenvalue weighted by molar-refractivity contribution is 0.0526. The highest BCUT2D eigenvalue weighted by atomic mass is 79.9. The molecule has 2 rings (SSSR count). The summed E-state index contributed by atoms with van der Waals surface area (Å²) in [5.74, 6) is -0.279. The highest BCUT2D eigenvalue weighted by Gasteiger charge is 2.14. The van der Waals surface area contributed by atoms with Crippen LogP contribution in [0.4, 0.5) is 5.69 Å². The number of carbonyl (C=O) groups excluding carboxylic acids is 1. The molecule has 1 fully saturated rings. The first-order chi connectivity index (χ1) is 9.70. The van der Waals surface area contributed by atoms with Gasteiger partial charge in [0, 0.05) is 16.2 Å². The molecule has 1 heterocycles. The molecule has 2 N–H and O–H groups in total. The molecule has 5 heteroatoms. The Balaban J connectivity index is 2.03. The van der Waals surface area contributed by atoms with Crippen molar-refractivity contribution in [2.75, 3.05) is 25.0 Å². The van der Waals surface area contributed by atoms with E-state index in [0.29, 0.717) is 18.2 Å². The van der Waals surface area contributed by atoms with E-state index < -0.39 is 0 Å². The van der Waals surface area contributed by atoms with Gasteiger partial charge in [-0.05, 0) is 73.4 Å². The number of esters is 1. The first-order valence-corrected chi connectivity index (χ1v) is 7.94. The predicted octanol–water partition coefficient (Wildman–Crippen LogP) is 3.18. The molecular formula is C15H21BrN2O2. The highest BCUT2D eigenvalue weighted by molar-refractivity contribution is 9.10. The fourth-order valence-corrected chi connectivity index (χ4v) is 2.85. The standard InChI is InChI=1S/C15H21BrN2O2/c1-2-20-15(19)11-5-6-14(13(16)10-11)18-12-4-3-8-17-9-7-12/h5-6,10,12,17-18H,2-4,7-9H2,1H3. The summed E-state index contributed by atoms with van der Waals surface area (Å²) in [6.07, 6.45) is 3.47. The number of carbonyl (C=O) groups is 1. The highest BCUT2D eigenvalue weighted by Crippen LogP contribution is 2.26. The van der Waals surface area contributed by atoms with Crippen molar-refractivity contribution in [3.8, 4) is 0 Å². The van der Waals surface area contributed by atoms with Crippen LogP contribution in [0.1, 0.15) is 36.5 Å². The second-order valence-electron chi connectivity index (χ2n) is 4.94. The van der Waals surface area contributed by atoms with Gasteiger partial charge < -0.3 is 15.4 Å². The molecule has 110 valence electrons. The van der Waals surface area contributed by atoms with Crippen molar-refractivity contribution >= 4 is 27.6 Å². The third-order valence-corrected chi connectivity index (χ3v) is 4.07. The number of benzene rings is 1. The number of nitrogens with one attached hydrogen (secondary N) is 2. The minimum Gasteiger partial charge on any atom is -0.462 e. The monoisotopic (exact) mass is 340 g/mol. The van der Waals surface area contributed by atoms with Crippen LogP contribution in [0.3, 0.4) is 0 Å². The average molecular weight is 341 g/mol. The lowest BCUT2D eigenvalue weighted by Gasteiger charge is -2.18. The number of anilines is 1. The molecule has 4 nitrogen and oxygen atoms in total. The normalized spacial score (nSPS) is 19.2. The maximum absolute atomic E-state index is 11.7. The summed E-state index contributed by atoms with van der Waals surface area (Å²) in [5, 5.41) is 6.95. The Kier molecular flexibility index (Phi) is 5.86. The zero-order valence-corrected chi connectivity index (χ0v) is 13.3. The molecule has 1 saturated heterocycles. The van der Waals surface area contributed by atoms with Crippen LogP contribution in [0.15, 0.2) is 22.7 Å². The molecule has 0 amide bonds. The Morgan fingerprint density at radius 1 is 1.45 bits per heavy atom. The molecule has 1 aliphatic heterocycles. The van der Waals surface area contributed by atoms with Crippen LogP contribution in [0.2, 0.25) is 0 Å². The van der Waals surface area contributed by atoms with Gasteiger partial charge >= 0.3 is 5.97 Å². The summed E-state index contributed by atoms with van der Waals surface area (Å²) in [4.78, 5) is 11.7. The molecular weight excluding hydrogens is 320 g/mol. The van der Waals surface area contributed by atoms with Gasteiger partial charge in [0.15, 0.2) is 0 Å². The summed E-state index contributed by atoms with van der Waals surface area (Å²) in [6, 6.07) is 6.04. The van der Waals surface area contributed by atoms with Crippen LogP contribution in [0.25, 0.3) is 0 Å². The summed E-state index contributed by atoms with van der Waals surface area (Å²) >= 11 is 3.53. The van der Waals surface area contributed by atoms with Crippen molar-refractivity contribution in [1.82, 2.24) is 5.32 Å². The molecule has 0 aliphatic carbocycles. The Labute approximate surface area is 128 Å². The Bertz CT molecular complexity index is 457. The average Bonchev–Trinajstić information content (AvgIpc) is 2.70. The Morgan fingerprint density at radius 3 is 3.05 bits per heavy atom. The second-order valence-corrected chi connectivity index (χ2v) is 5.79. The topological polar surface area (TPSA) is 50.4 Å². The number of hydrogen-bond acceptors (Lipinski definition) is 4. The van der Waals surface area contributed by atoms with Crippen molar-refractivity contribution in [3.05, 3.63) is 28.2 Å². The van der Waals surface area contributed by atoms with Gasteiger partial charge in [0.1, 0.15) is 0 Å². The van der Waals surface area contributed by atoms with E-state index in [1.165, 1.54) is 12.8 Å². The lowest BCUT2D eigenvalue weighted by Crippen LogP contribution is -2.21. The van der Waals surface area contributed by atoms with Crippen LogP contribution in [0, 0.1) is 0 Å². The van der Waals surface area contributed by atoms with Gasteiger partial charge in [-0.15, -0.1) is 0 Å². The van der Waals surface area contributed by atoms with Crippen molar-refractivity contribution in [1.29, 1.82) is 0 Å². The molecule has 1 atom stereocenters. The summed E-state index contributed by atoms with van der Waals surface area (Å²) in [6.45, 7) is 4.35. The van der Waals surface area contributed by atoms with E-state index in [0.717, 1.165) is 29.7 Å². The predicted molar refractivity (Wildman–Crippen MR) is 84.2 cm³/mol. The van der Waals surface area contributed by atoms with E-state index in [9.17, 15) is 4.79 Å². The van der Waals surface area contributed by atoms with E-state index in [2.05, 4.69) is 26.6 Å². The van der Waals surface area contributed by atoms with Gasteiger partial charge in [0.25, 0.3) is 0 Å². The minimum absolute atomic E-state index is 0.279. The molecule has 0 saturated carbocycles. The van der Waals surface area contributed by atoms with Gasteiger partial charge in [0.2, 0.25) is 0 Å².